The predicted octanol–water partition coefficient (Wildman–Crippen LogP) is 3.73. The smallest absolute Gasteiger partial charge is 0.387 e. The van der Waals surface area contributed by atoms with Gasteiger partial charge in [-0.25, -0.2) is 4.98 Å². The minimum absolute atomic E-state index is 0.0990. The van der Waals surface area contributed by atoms with Crippen LogP contribution in [-0.4, -0.2) is 11.6 Å². The first-order valence-electron chi connectivity index (χ1n) is 6.27. The molecule has 1 heterocycles. The van der Waals surface area contributed by atoms with E-state index in [1.165, 1.54) is 6.07 Å². The van der Waals surface area contributed by atoms with Gasteiger partial charge in [0.15, 0.2) is 0 Å². The molecule has 1 aromatic heterocycles. The summed E-state index contributed by atoms with van der Waals surface area (Å²) in [5.41, 5.74) is 0.948. The molecule has 1 aromatic carbocycles. The monoisotopic (exact) mass is 289 g/mol. The molecule has 0 amide bonds. The number of anilines is 1. The maximum absolute atomic E-state index is 12.4. The van der Waals surface area contributed by atoms with Crippen molar-refractivity contribution >= 4 is 5.82 Å². The quantitative estimate of drug-likeness (QED) is 0.911. The van der Waals surface area contributed by atoms with Gasteiger partial charge in [0.25, 0.3) is 0 Å². The van der Waals surface area contributed by atoms with E-state index in [0.717, 1.165) is 0 Å². The number of nitriles is 1. The van der Waals surface area contributed by atoms with Crippen molar-refractivity contribution in [3.8, 4) is 11.8 Å². The molecule has 0 aliphatic carbocycles. The zero-order chi connectivity index (χ0) is 15.2. The average molecular weight is 289 g/mol. The van der Waals surface area contributed by atoms with Gasteiger partial charge in [0.2, 0.25) is 0 Å². The first kappa shape index (κ1) is 14.7. The molecule has 0 aliphatic heterocycles. The van der Waals surface area contributed by atoms with Crippen molar-refractivity contribution in [3.63, 3.8) is 0 Å². The van der Waals surface area contributed by atoms with Gasteiger partial charge in [-0.05, 0) is 25.1 Å². The molecule has 0 spiro atoms. The standard InChI is InChI=1S/C15H13F2N3O/c1-10(20-14-11(9-18)5-4-8-19-14)12-6-2-3-7-13(12)21-15(16)17/h2-8,10,15H,1H3,(H,19,20)/t10-/m0/s1. The van der Waals surface area contributed by atoms with Crippen molar-refractivity contribution in [2.45, 2.75) is 19.6 Å². The van der Waals surface area contributed by atoms with Crippen LogP contribution in [0.1, 0.15) is 24.1 Å². The van der Waals surface area contributed by atoms with Crippen LogP contribution in [-0.2, 0) is 0 Å². The number of nitrogens with one attached hydrogen (secondary N) is 1. The summed E-state index contributed by atoms with van der Waals surface area (Å²) < 4.78 is 29.3. The normalized spacial score (nSPS) is 11.8. The van der Waals surface area contributed by atoms with Gasteiger partial charge in [-0.3, -0.25) is 0 Å². The summed E-state index contributed by atoms with van der Waals surface area (Å²) in [6.45, 7) is -1.10. The summed E-state index contributed by atoms with van der Waals surface area (Å²) in [6, 6.07) is 11.5. The Labute approximate surface area is 121 Å². The van der Waals surface area contributed by atoms with Gasteiger partial charge >= 0.3 is 6.61 Å². The van der Waals surface area contributed by atoms with Crippen LogP contribution in [0.4, 0.5) is 14.6 Å². The SMILES string of the molecule is C[C@H](Nc1ncccc1C#N)c1ccccc1OC(F)F. The summed E-state index contributed by atoms with van der Waals surface area (Å²) in [5.74, 6) is 0.501. The highest BCUT2D eigenvalue weighted by atomic mass is 19.3. The van der Waals surface area contributed by atoms with E-state index in [2.05, 4.69) is 15.0 Å². The topological polar surface area (TPSA) is 57.9 Å². The van der Waals surface area contributed by atoms with Crippen molar-refractivity contribution in [3.05, 3.63) is 53.7 Å². The van der Waals surface area contributed by atoms with Gasteiger partial charge in [-0.1, -0.05) is 18.2 Å². The second kappa shape index (κ2) is 6.66. The summed E-state index contributed by atoms with van der Waals surface area (Å²) in [4.78, 5) is 4.08. The lowest BCUT2D eigenvalue weighted by atomic mass is 10.1. The Hall–Kier alpha value is -2.68. The van der Waals surface area contributed by atoms with E-state index in [1.54, 1.807) is 43.5 Å². The molecule has 4 nitrogen and oxygen atoms in total. The Bertz CT molecular complexity index is 655. The lowest BCUT2D eigenvalue weighted by Crippen LogP contribution is -2.12. The number of aromatic nitrogens is 1. The number of benzene rings is 1. The van der Waals surface area contributed by atoms with E-state index >= 15 is 0 Å². The molecule has 0 bridgehead atoms. The molecule has 0 saturated heterocycles. The van der Waals surface area contributed by atoms with E-state index < -0.39 is 6.61 Å². The largest absolute Gasteiger partial charge is 0.434 e. The van der Waals surface area contributed by atoms with Crippen LogP contribution in [0.5, 0.6) is 5.75 Å². The number of rotatable bonds is 5. The summed E-state index contributed by atoms with van der Waals surface area (Å²) in [5, 5.41) is 12.1. The van der Waals surface area contributed by atoms with E-state index in [0.29, 0.717) is 16.9 Å². The Kier molecular flexibility index (Phi) is 4.67. The van der Waals surface area contributed by atoms with Crippen LogP contribution in [0.25, 0.3) is 0 Å². The summed E-state index contributed by atoms with van der Waals surface area (Å²) in [7, 11) is 0. The van der Waals surface area contributed by atoms with Crippen LogP contribution in [0.15, 0.2) is 42.6 Å². The fraction of sp³-hybridized carbons (Fsp3) is 0.200. The zero-order valence-electron chi connectivity index (χ0n) is 11.3. The molecule has 0 radical (unpaired) electrons. The Balaban J connectivity index is 2.25. The van der Waals surface area contributed by atoms with E-state index in [4.69, 9.17) is 5.26 Å². The number of nitrogens with zero attached hydrogens (tertiary/aromatic N) is 2. The van der Waals surface area contributed by atoms with Crippen LogP contribution < -0.4 is 10.1 Å². The minimum Gasteiger partial charge on any atom is -0.434 e. The molecule has 0 fully saturated rings. The molecular formula is C15H13F2N3O. The lowest BCUT2D eigenvalue weighted by Gasteiger charge is -2.18. The third-order valence-electron chi connectivity index (χ3n) is 2.88. The average Bonchev–Trinajstić information content (AvgIpc) is 2.47. The van der Waals surface area contributed by atoms with E-state index in [-0.39, 0.29) is 11.8 Å². The van der Waals surface area contributed by atoms with Gasteiger partial charge in [0.05, 0.1) is 11.6 Å². The maximum atomic E-state index is 12.4. The van der Waals surface area contributed by atoms with Crippen molar-refractivity contribution in [1.29, 1.82) is 5.26 Å². The van der Waals surface area contributed by atoms with Crippen LogP contribution in [0.3, 0.4) is 0 Å². The minimum atomic E-state index is -2.89. The highest BCUT2D eigenvalue weighted by Crippen LogP contribution is 2.29. The Morgan fingerprint density at radius 1 is 1.24 bits per heavy atom. The molecule has 0 unspecified atom stereocenters. The fourth-order valence-electron chi connectivity index (χ4n) is 1.93. The van der Waals surface area contributed by atoms with E-state index in [9.17, 15) is 8.78 Å². The van der Waals surface area contributed by atoms with Crippen LogP contribution in [0.2, 0.25) is 0 Å². The molecule has 0 saturated carbocycles. The molecule has 21 heavy (non-hydrogen) atoms. The number of ether oxygens (including phenoxy) is 1. The second-order valence-electron chi connectivity index (χ2n) is 4.29. The van der Waals surface area contributed by atoms with Crippen molar-refractivity contribution in [2.24, 2.45) is 0 Å². The molecule has 108 valence electrons. The van der Waals surface area contributed by atoms with Gasteiger partial charge in [0.1, 0.15) is 17.6 Å². The lowest BCUT2D eigenvalue weighted by molar-refractivity contribution is -0.0505. The number of halogens is 2. The number of hydrogen-bond acceptors (Lipinski definition) is 4. The third kappa shape index (κ3) is 3.66. The first-order valence-corrected chi connectivity index (χ1v) is 6.27. The molecule has 1 N–H and O–H groups in total. The Morgan fingerprint density at radius 2 is 2.00 bits per heavy atom. The van der Waals surface area contributed by atoms with Gasteiger partial charge in [-0.2, -0.15) is 14.0 Å². The van der Waals surface area contributed by atoms with Crippen LogP contribution >= 0.6 is 0 Å². The van der Waals surface area contributed by atoms with Gasteiger partial charge in [0, 0.05) is 11.8 Å². The van der Waals surface area contributed by atoms with E-state index in [1.807, 2.05) is 6.07 Å². The van der Waals surface area contributed by atoms with Crippen molar-refractivity contribution in [1.82, 2.24) is 4.98 Å². The second-order valence-corrected chi connectivity index (χ2v) is 4.29. The molecular weight excluding hydrogens is 276 g/mol. The Morgan fingerprint density at radius 3 is 2.71 bits per heavy atom. The van der Waals surface area contributed by atoms with Crippen molar-refractivity contribution in [2.75, 3.05) is 5.32 Å². The number of para-hydroxylation sites is 1. The number of alkyl halides is 2. The molecule has 0 aliphatic rings. The first-order chi connectivity index (χ1) is 10.1. The molecule has 2 rings (SSSR count). The highest BCUT2D eigenvalue weighted by Gasteiger charge is 2.15. The summed E-state index contributed by atoms with van der Waals surface area (Å²) >= 11 is 0. The maximum Gasteiger partial charge on any atom is 0.387 e. The number of pyridine rings is 1. The van der Waals surface area contributed by atoms with Crippen molar-refractivity contribution < 1.29 is 13.5 Å². The molecule has 6 heteroatoms. The highest BCUT2D eigenvalue weighted by molar-refractivity contribution is 5.53. The van der Waals surface area contributed by atoms with Crippen LogP contribution in [0, 0.1) is 11.3 Å². The number of hydrogen-bond donors (Lipinski definition) is 1. The fourth-order valence-corrected chi connectivity index (χ4v) is 1.93. The third-order valence-corrected chi connectivity index (χ3v) is 2.88. The molecule has 1 atom stereocenters. The van der Waals surface area contributed by atoms with Gasteiger partial charge in [-0.15, -0.1) is 0 Å². The predicted molar refractivity (Wildman–Crippen MR) is 74.1 cm³/mol. The van der Waals surface area contributed by atoms with Gasteiger partial charge < -0.3 is 10.1 Å². The molecule has 2 aromatic rings. The zero-order valence-corrected chi connectivity index (χ0v) is 11.3. The summed E-state index contributed by atoms with van der Waals surface area (Å²) in [6.07, 6.45) is 1.55.